The van der Waals surface area contributed by atoms with E-state index in [2.05, 4.69) is 51.3 Å². The number of benzene rings is 1. The van der Waals surface area contributed by atoms with Crippen LogP contribution in [-0.2, 0) is 18.3 Å². The summed E-state index contributed by atoms with van der Waals surface area (Å²) in [5.41, 5.74) is 8.73. The van der Waals surface area contributed by atoms with Gasteiger partial charge in [-0.25, -0.2) is 0 Å². The summed E-state index contributed by atoms with van der Waals surface area (Å²) in [6.07, 6.45) is 0. The van der Waals surface area contributed by atoms with Crippen LogP contribution in [-0.4, -0.2) is 54.6 Å². The number of hydrogen-bond donors (Lipinski definition) is 0. The molecule has 1 aliphatic heterocycles. The van der Waals surface area contributed by atoms with Gasteiger partial charge in [0.15, 0.2) is 0 Å². The van der Waals surface area contributed by atoms with E-state index in [1.807, 2.05) is 7.05 Å². The second-order valence-electron chi connectivity index (χ2n) is 6.59. The van der Waals surface area contributed by atoms with Gasteiger partial charge in [-0.1, -0.05) is 0 Å². The van der Waals surface area contributed by atoms with E-state index in [0.717, 1.165) is 30.6 Å². The molecule has 1 heterocycles. The molecule has 1 saturated heterocycles. The summed E-state index contributed by atoms with van der Waals surface area (Å²) in [5, 5.41) is 0. The summed E-state index contributed by atoms with van der Waals surface area (Å²) < 4.78 is 6.15. The zero-order chi connectivity index (χ0) is 19.3. The molecule has 146 valence electrons. The molecule has 1 aromatic rings. The van der Waals surface area contributed by atoms with Gasteiger partial charge in [0.1, 0.15) is 0 Å². The molecular weight excluding hydrogens is 444 g/mol. The van der Waals surface area contributed by atoms with Gasteiger partial charge in [-0.15, -0.1) is 0 Å². The summed E-state index contributed by atoms with van der Waals surface area (Å²) in [6.45, 7) is 16.9. The van der Waals surface area contributed by atoms with Crippen LogP contribution < -0.4 is 0 Å². The van der Waals surface area contributed by atoms with Crippen LogP contribution in [0.1, 0.15) is 33.4 Å². The third-order valence-electron chi connectivity index (χ3n) is 5.32. The number of ether oxygens (including phenoxy) is 1. The van der Waals surface area contributed by atoms with Gasteiger partial charge in [0, 0.05) is 0 Å². The smallest absolute Gasteiger partial charge is 0.0392 e. The first-order chi connectivity index (χ1) is 11.6. The molecule has 0 amide bonds. The molecule has 0 saturated carbocycles. The Kier molecular flexibility index (Phi) is 9.74. The number of methoxy groups -OCH3 is 1. The van der Waals surface area contributed by atoms with E-state index in [1.165, 1.54) is 33.4 Å². The second kappa shape index (κ2) is 10.5. The van der Waals surface area contributed by atoms with Crippen molar-refractivity contribution in [2.24, 2.45) is 0 Å². The molecule has 0 radical (unpaired) electrons. The summed E-state index contributed by atoms with van der Waals surface area (Å²) in [4.78, 5) is 4.37. The zero-order valence-corrected chi connectivity index (χ0v) is 20.0. The molecule has 0 aromatic heterocycles. The molecule has 1 aromatic carbocycles. The van der Waals surface area contributed by atoms with Crippen LogP contribution in [0.15, 0.2) is 0 Å². The molecule has 0 N–H and O–H groups in total. The van der Waals surface area contributed by atoms with Crippen LogP contribution >= 0.6 is 19.4 Å². The maximum atomic E-state index is 6.00. The van der Waals surface area contributed by atoms with E-state index < -0.39 is 13.5 Å². The fraction of sp³-hybridized carbons (Fsp3) is 0.632. The average Bonchev–Trinajstić information content (AvgIpc) is 2.96. The van der Waals surface area contributed by atoms with Crippen molar-refractivity contribution in [3.63, 3.8) is 0 Å². The van der Waals surface area contributed by atoms with Gasteiger partial charge in [-0.05, 0) is 74.9 Å². The molecular formula is C19H32Cl2N2ORu. The van der Waals surface area contributed by atoms with Gasteiger partial charge in [-0.3, -0.25) is 0 Å². The Morgan fingerprint density at radius 3 is 1.56 bits per heavy atom. The average molecular weight is 476 g/mol. The van der Waals surface area contributed by atoms with E-state index >= 15 is 0 Å². The molecule has 2 rings (SSSR count). The maximum Gasteiger partial charge on any atom is -0.0392 e. The fourth-order valence-corrected chi connectivity index (χ4v) is 6.68. The Morgan fingerprint density at radius 1 is 0.840 bits per heavy atom. The van der Waals surface area contributed by atoms with Gasteiger partial charge in [0.2, 0.25) is 0 Å². The van der Waals surface area contributed by atoms with Gasteiger partial charge >= 0.3 is 92.2 Å². The predicted octanol–water partition coefficient (Wildman–Crippen LogP) is 4.43. The van der Waals surface area contributed by atoms with Crippen LogP contribution in [0, 0.1) is 41.5 Å². The molecule has 0 unspecified atom stereocenters. The SMILES string of the molecule is COCCN1CCN(C)[C]1=[Ru]([Cl])[Cl].Cc1c(C)c(C)c(C)c(C)c1C. The Labute approximate surface area is 166 Å². The Bertz CT molecular complexity index is 538. The molecule has 0 bridgehead atoms. The predicted molar refractivity (Wildman–Crippen MR) is 108 cm³/mol. The molecule has 6 heteroatoms. The topological polar surface area (TPSA) is 15.7 Å². The maximum absolute atomic E-state index is 6.00. The molecule has 25 heavy (non-hydrogen) atoms. The summed E-state index contributed by atoms with van der Waals surface area (Å²) in [5.74, 6) is 0. The number of nitrogens with zero attached hydrogens (tertiary/aromatic N) is 2. The number of hydrogen-bond acceptors (Lipinski definition) is 3. The van der Waals surface area contributed by atoms with Gasteiger partial charge in [0.05, 0.1) is 0 Å². The summed E-state index contributed by atoms with van der Waals surface area (Å²) in [6, 6.07) is 0. The van der Waals surface area contributed by atoms with Crippen molar-refractivity contribution in [3.8, 4) is 0 Å². The van der Waals surface area contributed by atoms with Crippen molar-refractivity contribution < 1.29 is 18.3 Å². The molecule has 3 nitrogen and oxygen atoms in total. The fourth-order valence-electron chi connectivity index (χ4n) is 2.97. The minimum Gasteiger partial charge on any atom is -0.0447 e. The quantitative estimate of drug-likeness (QED) is 0.601. The number of likely N-dealkylation sites (N-methyl/N-ethyl adjacent to an activating group) is 1. The first kappa shape index (κ1) is 23.2. The Hall–Kier alpha value is 0.173. The Morgan fingerprint density at radius 2 is 1.24 bits per heavy atom. The van der Waals surface area contributed by atoms with E-state index in [4.69, 9.17) is 24.1 Å². The first-order valence-corrected chi connectivity index (χ1v) is 13.8. The van der Waals surface area contributed by atoms with Gasteiger partial charge < -0.3 is 0 Å². The molecule has 1 fully saturated rings. The third-order valence-corrected chi connectivity index (χ3v) is 8.54. The van der Waals surface area contributed by atoms with E-state index in [9.17, 15) is 0 Å². The van der Waals surface area contributed by atoms with Crippen LogP contribution in [0.4, 0.5) is 0 Å². The van der Waals surface area contributed by atoms with Gasteiger partial charge in [0.25, 0.3) is 0 Å². The van der Waals surface area contributed by atoms with Crippen molar-refractivity contribution in [1.82, 2.24) is 9.80 Å². The third kappa shape index (κ3) is 5.82. The molecule has 0 atom stereocenters. The minimum absolute atomic E-state index is 0.729. The van der Waals surface area contributed by atoms with E-state index in [1.54, 1.807) is 7.11 Å². The van der Waals surface area contributed by atoms with Crippen LogP contribution in [0.5, 0.6) is 0 Å². The second-order valence-corrected chi connectivity index (χ2v) is 12.2. The van der Waals surface area contributed by atoms with Crippen molar-refractivity contribution in [1.29, 1.82) is 0 Å². The van der Waals surface area contributed by atoms with Gasteiger partial charge in [-0.2, -0.15) is 0 Å². The summed E-state index contributed by atoms with van der Waals surface area (Å²) in [7, 11) is 15.7. The molecule has 1 aliphatic rings. The van der Waals surface area contributed by atoms with Crippen molar-refractivity contribution >= 4 is 23.7 Å². The van der Waals surface area contributed by atoms with Crippen LogP contribution in [0.3, 0.4) is 0 Å². The van der Waals surface area contributed by atoms with Crippen molar-refractivity contribution in [2.45, 2.75) is 41.5 Å². The van der Waals surface area contributed by atoms with Crippen LogP contribution in [0.25, 0.3) is 0 Å². The van der Waals surface area contributed by atoms with Crippen molar-refractivity contribution in [2.75, 3.05) is 40.4 Å². The molecule has 0 spiro atoms. The standard InChI is InChI=1S/C12H18.C7H14N2O.2ClH.Ru/c1-7-8(2)10(4)12(6)11(5)9(7)3;1-8-3-4-9(7-8)5-6-10-2;;;/h1-6H3;3-6H2,1-2H3;2*1H;/q;;;;+2/p-2. The molecule has 0 aliphatic carbocycles. The zero-order valence-electron chi connectivity index (χ0n) is 16.7. The minimum atomic E-state index is -1.77. The van der Waals surface area contributed by atoms with E-state index in [0.29, 0.717) is 0 Å². The van der Waals surface area contributed by atoms with E-state index in [-0.39, 0.29) is 0 Å². The number of rotatable bonds is 3. The Balaban J connectivity index is 0.000000251. The van der Waals surface area contributed by atoms with Crippen molar-refractivity contribution in [3.05, 3.63) is 33.4 Å². The van der Waals surface area contributed by atoms with Crippen LogP contribution in [0.2, 0.25) is 0 Å². The normalized spacial score (nSPS) is 16.1. The monoisotopic (exact) mass is 476 g/mol. The summed E-state index contributed by atoms with van der Waals surface area (Å²) >= 11 is -1.77. The first-order valence-electron chi connectivity index (χ1n) is 8.48. The largest absolute Gasteiger partial charge is 0.0447 e. The number of halogens is 2.